The van der Waals surface area contributed by atoms with Gasteiger partial charge in [0.2, 0.25) is 5.91 Å². The predicted molar refractivity (Wildman–Crippen MR) is 228 cm³/mol. The zero-order chi connectivity index (χ0) is 46.7. The summed E-state index contributed by atoms with van der Waals surface area (Å²) < 4.78 is 119. The Kier molecular flexibility index (Phi) is 10.7. The number of fused-ring (bicyclic) bond motifs is 5. The number of sulfonamides is 1. The summed E-state index contributed by atoms with van der Waals surface area (Å²) in [6.45, 7) is 2.28. The number of hydrogen-bond donors (Lipinski definition) is 3. The van der Waals surface area contributed by atoms with Gasteiger partial charge in [-0.2, -0.15) is 13.9 Å². The number of carbonyl (C=O) groups is 1. The van der Waals surface area contributed by atoms with Crippen LogP contribution in [-0.2, 0) is 39.3 Å². The highest BCUT2D eigenvalue weighted by Gasteiger charge is 2.67. The molecule has 0 bridgehead atoms. The van der Waals surface area contributed by atoms with Gasteiger partial charge in [-0.15, -0.1) is 4.40 Å². The highest BCUT2D eigenvalue weighted by atomic mass is 35.5. The number of allylic oxidation sites excluding steroid dienone is 2. The van der Waals surface area contributed by atoms with E-state index in [4.69, 9.17) is 16.6 Å². The number of carbonyl (C=O) groups excluding carboxylic acids is 1. The van der Waals surface area contributed by atoms with Crippen LogP contribution in [0.4, 0.5) is 26.3 Å². The van der Waals surface area contributed by atoms with Crippen LogP contribution in [-0.4, -0.2) is 69.0 Å². The second-order valence-electron chi connectivity index (χ2n) is 17.3. The fourth-order valence-electron chi connectivity index (χ4n) is 9.23. The van der Waals surface area contributed by atoms with E-state index in [9.17, 15) is 35.9 Å². The predicted octanol–water partition coefficient (Wildman–Crippen LogP) is 6.78. The molecule has 3 aliphatic carbocycles. The number of likely N-dealkylation sites (N-methyl/N-ethyl adjacent to an activating group) is 1. The summed E-state index contributed by atoms with van der Waals surface area (Å²) in [5.74, 6) is -9.87. The summed E-state index contributed by atoms with van der Waals surface area (Å²) in [6.07, 6.45) is 0.124. The van der Waals surface area contributed by atoms with Crippen molar-refractivity contribution in [2.45, 2.75) is 69.2 Å². The number of hydrazine groups is 1. The third kappa shape index (κ3) is 8.03. The zero-order valence-corrected chi connectivity index (χ0v) is 36.4. The molecule has 65 heavy (non-hydrogen) atoms. The van der Waals surface area contributed by atoms with Gasteiger partial charge in [0, 0.05) is 41.7 Å². The van der Waals surface area contributed by atoms with E-state index in [0.29, 0.717) is 27.4 Å². The summed E-state index contributed by atoms with van der Waals surface area (Å²) in [4.78, 5) is 34.3. The van der Waals surface area contributed by atoms with Crippen LogP contribution in [0.5, 0.6) is 0 Å². The van der Waals surface area contributed by atoms with Crippen LogP contribution in [0, 0.1) is 23.5 Å². The molecule has 9 rings (SSSR count). The average molecular weight is 941 g/mol. The molecule has 340 valence electrons. The summed E-state index contributed by atoms with van der Waals surface area (Å²) in [7, 11) is -2.44. The maximum absolute atomic E-state index is 15.6. The highest BCUT2D eigenvalue weighted by molar-refractivity contribution is 7.89. The minimum atomic E-state index is -3.98. The van der Waals surface area contributed by atoms with Gasteiger partial charge in [-0.05, 0) is 84.9 Å². The lowest BCUT2D eigenvalue weighted by Crippen LogP contribution is -2.43. The van der Waals surface area contributed by atoms with Crippen molar-refractivity contribution in [3.63, 3.8) is 0 Å². The van der Waals surface area contributed by atoms with E-state index in [1.807, 2.05) is 0 Å². The first-order valence-electron chi connectivity index (χ1n) is 20.3. The van der Waals surface area contributed by atoms with Crippen LogP contribution >= 0.6 is 11.6 Å². The molecule has 2 aromatic heterocycles. The van der Waals surface area contributed by atoms with E-state index >= 15 is 13.6 Å². The van der Waals surface area contributed by atoms with E-state index in [1.165, 1.54) is 23.2 Å². The molecule has 2 fully saturated rings. The van der Waals surface area contributed by atoms with Gasteiger partial charge in [-0.25, -0.2) is 36.0 Å². The fourth-order valence-corrected chi connectivity index (χ4v) is 10.0. The largest absolute Gasteiger partial charge is 0.386 e. The lowest BCUT2D eigenvalue weighted by atomic mass is 9.91. The second-order valence-corrected chi connectivity index (χ2v) is 19.3. The number of hydrogen-bond acceptors (Lipinski definition) is 8. The van der Waals surface area contributed by atoms with Crippen molar-refractivity contribution >= 4 is 50.0 Å². The van der Waals surface area contributed by atoms with E-state index in [1.54, 1.807) is 57.3 Å². The Hall–Kier alpha value is -5.83. The van der Waals surface area contributed by atoms with Gasteiger partial charge >= 0.3 is 0 Å². The monoisotopic (exact) mass is 940 g/mol. The third-order valence-electron chi connectivity index (χ3n) is 12.1. The summed E-state index contributed by atoms with van der Waals surface area (Å²) in [5.41, 5.74) is 1.22. The quantitative estimate of drug-likeness (QED) is 0.121. The van der Waals surface area contributed by atoms with Crippen LogP contribution in [0.25, 0.3) is 27.7 Å². The molecule has 3 heterocycles. The molecule has 5 aromatic rings. The molecule has 3 aromatic carbocycles. The summed E-state index contributed by atoms with van der Waals surface area (Å²) in [5, 5.41) is 18.7. The SMILES string of the molecule is CN1NC(=NS(C)(=O)=O)C2C(Cl)=CC=C(n3c([C@H](Cc4cc(F)cc(F)c4)NC(=O)Cn4nc(C(F)F)c5c4C(F)(F)[C@@H]4C[C@H]54)nc4cc(-c5ccc(C(C)(C)O)cc5)ccc4c3=O)C21. The number of amidine groups is 1. The van der Waals surface area contributed by atoms with Crippen LogP contribution in [0.3, 0.4) is 0 Å². The molecule has 1 saturated carbocycles. The Morgan fingerprint density at radius 2 is 1.74 bits per heavy atom. The normalized spacial score (nSPS) is 22.3. The molecule has 4 aliphatic rings. The van der Waals surface area contributed by atoms with E-state index in [-0.39, 0.29) is 50.8 Å². The number of nitrogens with one attached hydrogen (secondary N) is 2. The number of nitrogens with zero attached hydrogens (tertiary/aromatic N) is 6. The molecule has 13 nitrogen and oxygen atoms in total. The number of alkyl halides is 4. The molecule has 0 spiro atoms. The van der Waals surface area contributed by atoms with E-state index < -0.39 is 105 Å². The first-order chi connectivity index (χ1) is 30.5. The van der Waals surface area contributed by atoms with Gasteiger partial charge in [0.05, 0.1) is 40.8 Å². The Labute approximate surface area is 372 Å². The molecular formula is C44H39ClF6N8O5S. The molecule has 2 unspecified atom stereocenters. The van der Waals surface area contributed by atoms with Crippen molar-refractivity contribution in [2.75, 3.05) is 13.3 Å². The minimum Gasteiger partial charge on any atom is -0.386 e. The van der Waals surface area contributed by atoms with E-state index in [2.05, 4.69) is 20.2 Å². The van der Waals surface area contributed by atoms with Crippen LogP contribution in [0.2, 0.25) is 0 Å². The number of aromatic nitrogens is 4. The summed E-state index contributed by atoms with van der Waals surface area (Å²) >= 11 is 6.70. The minimum absolute atomic E-state index is 0.00663. The van der Waals surface area contributed by atoms with Crippen molar-refractivity contribution in [1.29, 1.82) is 0 Å². The van der Waals surface area contributed by atoms with E-state index in [0.717, 1.165) is 23.0 Å². The smallest absolute Gasteiger partial charge is 0.293 e. The van der Waals surface area contributed by atoms with Crippen molar-refractivity contribution in [3.8, 4) is 11.1 Å². The van der Waals surface area contributed by atoms with Gasteiger partial charge in [0.25, 0.3) is 27.9 Å². The maximum Gasteiger partial charge on any atom is 0.293 e. The van der Waals surface area contributed by atoms with Gasteiger partial charge in [-0.1, -0.05) is 41.9 Å². The Balaban J connectivity index is 1.22. The van der Waals surface area contributed by atoms with Crippen molar-refractivity contribution in [1.82, 2.24) is 35.1 Å². The lowest BCUT2D eigenvalue weighted by molar-refractivity contribution is -0.123. The molecule has 5 atom stereocenters. The van der Waals surface area contributed by atoms with Gasteiger partial charge in [-0.3, -0.25) is 18.8 Å². The lowest BCUT2D eigenvalue weighted by Gasteiger charge is -2.31. The van der Waals surface area contributed by atoms with Crippen molar-refractivity contribution < 1.29 is 44.7 Å². The number of rotatable bonds is 11. The molecule has 0 radical (unpaired) electrons. The Morgan fingerprint density at radius 3 is 2.38 bits per heavy atom. The molecule has 1 saturated heterocycles. The van der Waals surface area contributed by atoms with Crippen LogP contribution < -0.4 is 16.3 Å². The molecule has 1 amide bonds. The average Bonchev–Trinajstić information content (AvgIpc) is 3.75. The second kappa shape index (κ2) is 15.7. The third-order valence-corrected chi connectivity index (χ3v) is 13.0. The first kappa shape index (κ1) is 44.4. The summed E-state index contributed by atoms with van der Waals surface area (Å²) in [6, 6.07) is 11.9. The highest BCUT2D eigenvalue weighted by Crippen LogP contribution is 2.68. The number of amides is 1. The maximum atomic E-state index is 15.6. The van der Waals surface area contributed by atoms with Crippen molar-refractivity contribution in [2.24, 2.45) is 16.2 Å². The van der Waals surface area contributed by atoms with Crippen LogP contribution in [0.1, 0.15) is 72.6 Å². The molecule has 1 aliphatic heterocycles. The van der Waals surface area contributed by atoms with Gasteiger partial charge < -0.3 is 15.8 Å². The van der Waals surface area contributed by atoms with Gasteiger partial charge in [0.1, 0.15) is 41.2 Å². The topological polar surface area (TPSA) is 164 Å². The number of benzene rings is 3. The van der Waals surface area contributed by atoms with Crippen LogP contribution in [0.15, 0.2) is 87.0 Å². The Morgan fingerprint density at radius 1 is 1.06 bits per heavy atom. The molecular weight excluding hydrogens is 902 g/mol. The van der Waals surface area contributed by atoms with Crippen molar-refractivity contribution in [3.05, 3.63) is 134 Å². The molecule has 3 N–H and O–H groups in total. The molecule has 21 heteroatoms. The van der Waals surface area contributed by atoms with Gasteiger partial charge in [0.15, 0.2) is 0 Å². The zero-order valence-electron chi connectivity index (χ0n) is 34.8. The standard InChI is InChI=1S/C44H39ClF6N8O5S/c1-43(2,62)23-8-5-21(6-9-23)22-7-10-26-30(16-22)53-41(59(42(26)61)32-12-11-29(45)35-37(32)57(3)55-40(35)56-65(4,63)64)31(15-20-13-24(46)17-25(47)14-20)52-33(60)19-58-38-34(36(54-58)39(48)49)27-18-28(27)44(38,50)51/h5-14,16-17,27-28,31,35,37,39,62H,15,18-19H2,1-4H3,(H,52,60)(H,55,56)/t27-,28+,31-,35?,37?/m0/s1. The first-order valence-corrected chi connectivity index (χ1v) is 22.5. The fraction of sp³-hybridized carbons (Fsp3) is 0.341. The number of halogens is 7. The number of aliphatic hydroxyl groups is 1. The Bertz CT molecular complexity index is 3070.